The number of halogens is 1. The molecule has 4 nitrogen and oxygen atoms in total. The van der Waals surface area contributed by atoms with Gasteiger partial charge in [0, 0.05) is 0 Å². The van der Waals surface area contributed by atoms with Crippen molar-refractivity contribution in [2.75, 3.05) is 12.8 Å². The Morgan fingerprint density at radius 3 is 2.56 bits per heavy atom. The van der Waals surface area contributed by atoms with Crippen LogP contribution in [0.5, 0.6) is 5.75 Å². The van der Waals surface area contributed by atoms with Crippen LogP contribution in [0.4, 0.5) is 5.82 Å². The van der Waals surface area contributed by atoms with E-state index in [1.165, 1.54) is 0 Å². The summed E-state index contributed by atoms with van der Waals surface area (Å²) in [7, 11) is 1.65. The highest BCUT2D eigenvalue weighted by Crippen LogP contribution is 2.30. The van der Waals surface area contributed by atoms with Crippen LogP contribution in [0.2, 0.25) is 0 Å². The minimum Gasteiger partial charge on any atom is -0.494 e. The largest absolute Gasteiger partial charge is 0.494 e. The molecule has 1 aromatic carbocycles. The molecule has 0 spiro atoms. The summed E-state index contributed by atoms with van der Waals surface area (Å²) in [4.78, 5) is 0. The first-order valence-electron chi connectivity index (χ1n) is 5.73. The molecule has 0 amide bonds. The summed E-state index contributed by atoms with van der Waals surface area (Å²) in [6.07, 6.45) is 0. The molecule has 5 heteroatoms. The highest BCUT2D eigenvalue weighted by Gasteiger charge is 2.18. The maximum Gasteiger partial charge on any atom is 0.144 e. The van der Waals surface area contributed by atoms with Crippen molar-refractivity contribution in [3.63, 3.8) is 0 Å². The lowest BCUT2D eigenvalue weighted by Crippen LogP contribution is -2.04. The van der Waals surface area contributed by atoms with Crippen molar-refractivity contribution in [1.82, 2.24) is 9.78 Å². The van der Waals surface area contributed by atoms with Crippen LogP contribution in [0.15, 0.2) is 24.3 Å². The van der Waals surface area contributed by atoms with Gasteiger partial charge in [0.05, 0.1) is 16.4 Å². The van der Waals surface area contributed by atoms with Crippen LogP contribution in [0.25, 0.3) is 5.69 Å². The van der Waals surface area contributed by atoms with E-state index < -0.39 is 0 Å². The van der Waals surface area contributed by atoms with Gasteiger partial charge in [0.1, 0.15) is 17.3 Å². The number of benzene rings is 1. The Labute approximate surface area is 120 Å². The molecule has 96 valence electrons. The van der Waals surface area contributed by atoms with E-state index in [2.05, 4.69) is 41.5 Å². The highest BCUT2D eigenvalue weighted by atomic mass is 127. The van der Waals surface area contributed by atoms with Crippen molar-refractivity contribution in [3.8, 4) is 11.4 Å². The van der Waals surface area contributed by atoms with Crippen LogP contribution in [0.1, 0.15) is 25.5 Å². The van der Waals surface area contributed by atoms with Gasteiger partial charge < -0.3 is 10.5 Å². The van der Waals surface area contributed by atoms with Gasteiger partial charge in [-0.25, -0.2) is 4.68 Å². The summed E-state index contributed by atoms with van der Waals surface area (Å²) in [6, 6.07) is 7.72. The van der Waals surface area contributed by atoms with E-state index in [0.29, 0.717) is 11.7 Å². The lowest BCUT2D eigenvalue weighted by molar-refractivity contribution is 0.412. The zero-order chi connectivity index (χ0) is 13.3. The van der Waals surface area contributed by atoms with E-state index in [4.69, 9.17) is 10.5 Å². The van der Waals surface area contributed by atoms with Crippen molar-refractivity contribution in [2.24, 2.45) is 0 Å². The van der Waals surface area contributed by atoms with E-state index in [9.17, 15) is 0 Å². The van der Waals surface area contributed by atoms with Crippen LogP contribution in [0, 0.1) is 3.57 Å². The summed E-state index contributed by atoms with van der Waals surface area (Å²) in [5.74, 6) is 1.76. The average molecular weight is 357 g/mol. The summed E-state index contributed by atoms with van der Waals surface area (Å²) < 4.78 is 8.10. The van der Waals surface area contributed by atoms with Gasteiger partial charge >= 0.3 is 0 Å². The van der Waals surface area contributed by atoms with Gasteiger partial charge in [0.2, 0.25) is 0 Å². The third-order valence-corrected chi connectivity index (χ3v) is 3.85. The molecular formula is C13H16IN3O. The van der Waals surface area contributed by atoms with Gasteiger partial charge in [-0.1, -0.05) is 26.0 Å². The molecule has 0 saturated carbocycles. The molecule has 2 N–H and O–H groups in total. The van der Waals surface area contributed by atoms with Gasteiger partial charge in [0.15, 0.2) is 0 Å². The van der Waals surface area contributed by atoms with Crippen LogP contribution >= 0.6 is 22.6 Å². The molecule has 0 unspecified atom stereocenters. The zero-order valence-corrected chi connectivity index (χ0v) is 12.8. The molecule has 0 bridgehead atoms. The first-order valence-corrected chi connectivity index (χ1v) is 6.81. The number of nitrogens with zero attached hydrogens (tertiary/aromatic N) is 2. The number of hydrogen-bond acceptors (Lipinski definition) is 3. The normalized spacial score (nSPS) is 10.9. The van der Waals surface area contributed by atoms with Gasteiger partial charge in [-0.3, -0.25) is 0 Å². The van der Waals surface area contributed by atoms with E-state index >= 15 is 0 Å². The second-order valence-corrected chi connectivity index (χ2v) is 5.40. The molecule has 18 heavy (non-hydrogen) atoms. The third-order valence-electron chi connectivity index (χ3n) is 2.75. The van der Waals surface area contributed by atoms with Crippen molar-refractivity contribution in [3.05, 3.63) is 33.5 Å². The zero-order valence-electron chi connectivity index (χ0n) is 10.6. The van der Waals surface area contributed by atoms with E-state index in [1.807, 2.05) is 24.3 Å². The molecule has 1 aromatic heterocycles. The van der Waals surface area contributed by atoms with Gasteiger partial charge in [-0.2, -0.15) is 5.10 Å². The molecule has 0 aliphatic carbocycles. The Morgan fingerprint density at radius 2 is 2.00 bits per heavy atom. The Hall–Kier alpha value is -1.24. The first-order chi connectivity index (χ1) is 8.56. The van der Waals surface area contributed by atoms with Crippen molar-refractivity contribution in [2.45, 2.75) is 19.8 Å². The van der Waals surface area contributed by atoms with Crippen molar-refractivity contribution in [1.29, 1.82) is 0 Å². The van der Waals surface area contributed by atoms with Gasteiger partial charge in [-0.05, 0) is 40.6 Å². The fraction of sp³-hybridized carbons (Fsp3) is 0.308. The number of ether oxygens (including phenoxy) is 1. The maximum atomic E-state index is 6.13. The third kappa shape index (κ3) is 2.19. The molecule has 0 fully saturated rings. The second kappa shape index (κ2) is 5.17. The molecule has 0 radical (unpaired) electrons. The smallest absolute Gasteiger partial charge is 0.144 e. The molecule has 2 aromatic rings. The Bertz CT molecular complexity index is 563. The topological polar surface area (TPSA) is 53.1 Å². The minimum atomic E-state index is 0.343. The first kappa shape index (κ1) is 13.2. The number of rotatable bonds is 3. The minimum absolute atomic E-state index is 0.343. The predicted octanol–water partition coefficient (Wildman–Crippen LogP) is 3.19. The van der Waals surface area contributed by atoms with Crippen LogP contribution < -0.4 is 10.5 Å². The summed E-state index contributed by atoms with van der Waals surface area (Å²) >= 11 is 2.24. The summed E-state index contributed by atoms with van der Waals surface area (Å²) in [6.45, 7) is 4.22. The molecular weight excluding hydrogens is 341 g/mol. The lowest BCUT2D eigenvalue weighted by Gasteiger charge is -2.09. The average Bonchev–Trinajstić information content (AvgIpc) is 2.66. The fourth-order valence-electron chi connectivity index (χ4n) is 1.79. The highest BCUT2D eigenvalue weighted by molar-refractivity contribution is 14.1. The van der Waals surface area contributed by atoms with Gasteiger partial charge in [-0.15, -0.1) is 0 Å². The number of para-hydroxylation sites is 2. The van der Waals surface area contributed by atoms with Crippen LogP contribution in [-0.4, -0.2) is 16.9 Å². The number of hydrogen-bond donors (Lipinski definition) is 1. The summed E-state index contributed by atoms with van der Waals surface area (Å²) in [5, 5.41) is 4.59. The monoisotopic (exact) mass is 357 g/mol. The van der Waals surface area contributed by atoms with Crippen molar-refractivity contribution >= 4 is 28.4 Å². The SMILES string of the molecule is COc1ccccc1-n1nc(C(C)C)c(I)c1N. The Morgan fingerprint density at radius 1 is 1.33 bits per heavy atom. The van der Waals surface area contributed by atoms with Gasteiger partial charge in [0.25, 0.3) is 0 Å². The van der Waals surface area contributed by atoms with E-state index in [0.717, 1.165) is 20.7 Å². The number of aromatic nitrogens is 2. The standard InChI is InChI=1S/C13H16IN3O/c1-8(2)12-11(14)13(15)17(16-12)9-6-4-5-7-10(9)18-3/h4-8H,15H2,1-3H3. The van der Waals surface area contributed by atoms with E-state index in [1.54, 1.807) is 11.8 Å². The fourth-order valence-corrected chi connectivity index (χ4v) is 2.75. The Balaban J connectivity index is 2.61. The quantitative estimate of drug-likeness (QED) is 0.859. The van der Waals surface area contributed by atoms with Crippen LogP contribution in [-0.2, 0) is 0 Å². The van der Waals surface area contributed by atoms with Crippen LogP contribution in [0.3, 0.4) is 0 Å². The molecule has 1 heterocycles. The molecule has 0 atom stereocenters. The lowest BCUT2D eigenvalue weighted by atomic mass is 10.1. The van der Waals surface area contributed by atoms with Crippen molar-refractivity contribution < 1.29 is 4.74 Å². The summed E-state index contributed by atoms with van der Waals surface area (Å²) in [5.41, 5.74) is 8.01. The predicted molar refractivity (Wildman–Crippen MR) is 81.3 cm³/mol. The second-order valence-electron chi connectivity index (χ2n) is 4.32. The maximum absolute atomic E-state index is 6.13. The molecule has 0 saturated heterocycles. The number of nitrogen functional groups attached to an aromatic ring is 1. The number of methoxy groups -OCH3 is 1. The molecule has 0 aliphatic rings. The number of anilines is 1. The number of nitrogens with two attached hydrogens (primary N) is 1. The van der Waals surface area contributed by atoms with E-state index in [-0.39, 0.29) is 0 Å². The Kier molecular flexibility index (Phi) is 3.79. The molecule has 0 aliphatic heterocycles. The molecule has 2 rings (SSSR count).